The average molecular weight is 314 g/mol. The zero-order valence-electron chi connectivity index (χ0n) is 13.3. The number of aromatic nitrogens is 2. The van der Waals surface area contributed by atoms with E-state index in [1.54, 1.807) is 13.2 Å². The van der Waals surface area contributed by atoms with Crippen molar-refractivity contribution in [3.8, 4) is 5.75 Å². The molecule has 120 valence electrons. The van der Waals surface area contributed by atoms with Crippen LogP contribution >= 0.6 is 0 Å². The smallest absolute Gasteiger partial charge is 0.140 e. The van der Waals surface area contributed by atoms with Crippen molar-refractivity contribution in [2.75, 3.05) is 7.11 Å². The van der Waals surface area contributed by atoms with Gasteiger partial charge in [0, 0.05) is 6.07 Å². The number of halogens is 1. The van der Waals surface area contributed by atoms with Gasteiger partial charge in [0.25, 0.3) is 0 Å². The van der Waals surface area contributed by atoms with E-state index < -0.39 is 6.10 Å². The molecule has 5 heteroatoms. The topological polar surface area (TPSA) is 58.1 Å². The Kier molecular flexibility index (Phi) is 4.05. The van der Waals surface area contributed by atoms with Crippen molar-refractivity contribution < 1.29 is 14.2 Å². The quantitative estimate of drug-likeness (QED) is 0.767. The maximum absolute atomic E-state index is 13.3. The molecule has 4 nitrogen and oxygen atoms in total. The number of aliphatic hydroxyl groups excluding tert-OH is 1. The first kappa shape index (κ1) is 15.5. The first-order valence-electron chi connectivity index (χ1n) is 7.50. The molecule has 0 aliphatic carbocycles. The van der Waals surface area contributed by atoms with Gasteiger partial charge in [-0.25, -0.2) is 9.37 Å². The number of aromatic amines is 1. The van der Waals surface area contributed by atoms with Gasteiger partial charge >= 0.3 is 0 Å². The van der Waals surface area contributed by atoms with Gasteiger partial charge < -0.3 is 14.8 Å². The van der Waals surface area contributed by atoms with E-state index in [2.05, 4.69) is 23.8 Å². The lowest BCUT2D eigenvalue weighted by atomic mass is 9.97. The summed E-state index contributed by atoms with van der Waals surface area (Å²) < 4.78 is 18.6. The van der Waals surface area contributed by atoms with E-state index in [4.69, 9.17) is 4.74 Å². The van der Waals surface area contributed by atoms with Crippen LogP contribution in [0.4, 0.5) is 4.39 Å². The molecule has 1 atom stereocenters. The average Bonchev–Trinajstić information content (AvgIpc) is 2.96. The number of H-pyrrole nitrogens is 1. The van der Waals surface area contributed by atoms with E-state index in [9.17, 15) is 9.50 Å². The normalized spacial score (nSPS) is 12.8. The summed E-state index contributed by atoms with van der Waals surface area (Å²) in [6.07, 6.45) is -0.908. The van der Waals surface area contributed by atoms with Crippen LogP contribution < -0.4 is 4.74 Å². The van der Waals surface area contributed by atoms with Crippen molar-refractivity contribution in [1.29, 1.82) is 0 Å². The number of fused-ring (bicyclic) bond motifs is 1. The molecule has 1 heterocycles. The Morgan fingerprint density at radius 1 is 1.17 bits per heavy atom. The number of methoxy groups -OCH3 is 1. The van der Waals surface area contributed by atoms with E-state index >= 15 is 0 Å². The van der Waals surface area contributed by atoms with Crippen LogP contribution in [0.25, 0.3) is 11.0 Å². The molecule has 0 aliphatic rings. The number of hydrogen-bond acceptors (Lipinski definition) is 3. The van der Waals surface area contributed by atoms with Crippen LogP contribution in [0.3, 0.4) is 0 Å². The highest BCUT2D eigenvalue weighted by atomic mass is 19.1. The fraction of sp³-hybridized carbons (Fsp3) is 0.278. The molecule has 0 amide bonds. The first-order valence-corrected chi connectivity index (χ1v) is 7.50. The maximum atomic E-state index is 13.3. The number of nitrogens with one attached hydrogen (secondary N) is 1. The van der Waals surface area contributed by atoms with Crippen LogP contribution in [0.5, 0.6) is 5.75 Å². The van der Waals surface area contributed by atoms with Crippen molar-refractivity contribution >= 4 is 11.0 Å². The summed E-state index contributed by atoms with van der Waals surface area (Å²) in [5, 5.41) is 10.6. The molecule has 2 aromatic carbocycles. The largest absolute Gasteiger partial charge is 0.496 e. The van der Waals surface area contributed by atoms with E-state index in [1.807, 2.05) is 18.2 Å². The van der Waals surface area contributed by atoms with Crippen LogP contribution in [0.15, 0.2) is 36.4 Å². The van der Waals surface area contributed by atoms with E-state index in [1.165, 1.54) is 12.1 Å². The summed E-state index contributed by atoms with van der Waals surface area (Å²) in [6.45, 7) is 4.13. The SMILES string of the molecule is COc1ccc(C(O)c2nc3cc(F)ccc3[nH]2)cc1C(C)C. The Labute approximate surface area is 133 Å². The van der Waals surface area contributed by atoms with Crippen LogP contribution in [0.2, 0.25) is 0 Å². The minimum atomic E-state index is -0.908. The standard InChI is InChI=1S/C18H19FN2O2/c1-10(2)13-8-11(4-7-16(13)23-3)17(22)18-20-14-6-5-12(19)9-15(14)21-18/h4-10,17,22H,1-3H3,(H,20,21). The predicted molar refractivity (Wildman–Crippen MR) is 87.2 cm³/mol. The third-order valence-corrected chi connectivity index (χ3v) is 3.91. The van der Waals surface area contributed by atoms with Gasteiger partial charge in [0.2, 0.25) is 0 Å². The highest BCUT2D eigenvalue weighted by Crippen LogP contribution is 2.31. The number of imidazole rings is 1. The van der Waals surface area contributed by atoms with Gasteiger partial charge in [0.15, 0.2) is 0 Å². The van der Waals surface area contributed by atoms with Crippen molar-refractivity contribution in [1.82, 2.24) is 9.97 Å². The molecule has 2 N–H and O–H groups in total. The number of hydrogen-bond donors (Lipinski definition) is 2. The zero-order valence-corrected chi connectivity index (χ0v) is 13.3. The molecule has 3 aromatic rings. The van der Waals surface area contributed by atoms with E-state index in [0.29, 0.717) is 22.4 Å². The summed E-state index contributed by atoms with van der Waals surface area (Å²) in [5.74, 6) is 1.10. The first-order chi connectivity index (χ1) is 11.0. The Balaban J connectivity index is 2.01. The van der Waals surface area contributed by atoms with E-state index in [-0.39, 0.29) is 11.7 Å². The number of rotatable bonds is 4. The molecule has 3 rings (SSSR count). The third-order valence-electron chi connectivity index (χ3n) is 3.91. The molecule has 0 aliphatic heterocycles. The summed E-state index contributed by atoms with van der Waals surface area (Å²) in [4.78, 5) is 7.33. The predicted octanol–water partition coefficient (Wildman–Crippen LogP) is 3.92. The van der Waals surface area contributed by atoms with Gasteiger partial charge in [-0.05, 0) is 41.3 Å². The highest BCUT2D eigenvalue weighted by molar-refractivity contribution is 5.75. The zero-order chi connectivity index (χ0) is 16.6. The van der Waals surface area contributed by atoms with Crippen LogP contribution in [-0.4, -0.2) is 22.2 Å². The molecular weight excluding hydrogens is 295 g/mol. The molecular formula is C18H19FN2O2. The van der Waals surface area contributed by atoms with Crippen molar-refractivity contribution in [3.63, 3.8) is 0 Å². The number of aliphatic hydroxyl groups is 1. The van der Waals surface area contributed by atoms with Crippen molar-refractivity contribution in [2.24, 2.45) is 0 Å². The number of benzene rings is 2. The number of ether oxygens (including phenoxy) is 1. The van der Waals surface area contributed by atoms with Gasteiger partial charge in [-0.15, -0.1) is 0 Å². The van der Waals surface area contributed by atoms with Crippen molar-refractivity contribution in [2.45, 2.75) is 25.9 Å². The molecule has 23 heavy (non-hydrogen) atoms. The molecule has 0 spiro atoms. The maximum Gasteiger partial charge on any atom is 0.140 e. The fourth-order valence-corrected chi connectivity index (χ4v) is 2.66. The van der Waals surface area contributed by atoms with Crippen LogP contribution in [-0.2, 0) is 0 Å². The second-order valence-electron chi connectivity index (χ2n) is 5.84. The minimum absolute atomic E-state index is 0.266. The van der Waals surface area contributed by atoms with Gasteiger partial charge in [-0.2, -0.15) is 0 Å². The van der Waals surface area contributed by atoms with Crippen LogP contribution in [0.1, 0.15) is 42.8 Å². The molecule has 0 saturated carbocycles. The lowest BCUT2D eigenvalue weighted by Crippen LogP contribution is -2.04. The second kappa shape index (κ2) is 6.01. The summed E-state index contributed by atoms with van der Waals surface area (Å²) in [7, 11) is 1.63. The van der Waals surface area contributed by atoms with Gasteiger partial charge in [0.1, 0.15) is 23.5 Å². The fourth-order valence-electron chi connectivity index (χ4n) is 2.66. The monoisotopic (exact) mass is 314 g/mol. The second-order valence-corrected chi connectivity index (χ2v) is 5.84. The van der Waals surface area contributed by atoms with Gasteiger partial charge in [0.05, 0.1) is 18.1 Å². The Morgan fingerprint density at radius 3 is 2.65 bits per heavy atom. The molecule has 0 fully saturated rings. The van der Waals surface area contributed by atoms with Crippen LogP contribution in [0, 0.1) is 5.82 Å². The number of nitrogens with zero attached hydrogens (tertiary/aromatic N) is 1. The summed E-state index contributed by atoms with van der Waals surface area (Å²) in [5.41, 5.74) is 2.93. The van der Waals surface area contributed by atoms with Gasteiger partial charge in [-0.1, -0.05) is 19.9 Å². The van der Waals surface area contributed by atoms with E-state index in [0.717, 1.165) is 11.3 Å². The third kappa shape index (κ3) is 2.92. The minimum Gasteiger partial charge on any atom is -0.496 e. The highest BCUT2D eigenvalue weighted by Gasteiger charge is 2.18. The Hall–Kier alpha value is -2.40. The van der Waals surface area contributed by atoms with Crippen molar-refractivity contribution in [3.05, 3.63) is 59.2 Å². The van der Waals surface area contributed by atoms with Gasteiger partial charge in [-0.3, -0.25) is 0 Å². The molecule has 1 unspecified atom stereocenters. The Bertz CT molecular complexity index is 842. The molecule has 0 radical (unpaired) electrons. The molecule has 1 aromatic heterocycles. The lowest BCUT2D eigenvalue weighted by Gasteiger charge is -2.15. The summed E-state index contributed by atoms with van der Waals surface area (Å²) in [6, 6.07) is 9.89. The molecule has 0 saturated heterocycles. The lowest BCUT2D eigenvalue weighted by molar-refractivity contribution is 0.211. The Morgan fingerprint density at radius 2 is 1.96 bits per heavy atom. The summed E-state index contributed by atoms with van der Waals surface area (Å²) >= 11 is 0. The molecule has 0 bridgehead atoms.